The molecule has 0 unspecified atom stereocenters. The van der Waals surface area contributed by atoms with Crippen LogP contribution in [0.2, 0.25) is 10.0 Å². The molecule has 1 saturated heterocycles. The fraction of sp³-hybridized carbons (Fsp3) is 0.682. The van der Waals surface area contributed by atoms with E-state index in [-0.39, 0.29) is 6.03 Å². The summed E-state index contributed by atoms with van der Waals surface area (Å²) in [6.07, 6.45) is 6.61. The van der Waals surface area contributed by atoms with Gasteiger partial charge in [-0.05, 0) is 56.7 Å². The number of rotatable bonds is 5. The van der Waals surface area contributed by atoms with Crippen molar-refractivity contribution in [3.8, 4) is 0 Å². The third kappa shape index (κ3) is 10.3. The smallest absolute Gasteiger partial charge is 0.317 e. The van der Waals surface area contributed by atoms with Crippen LogP contribution in [0.4, 0.5) is 10.5 Å². The maximum Gasteiger partial charge on any atom is 0.317 e. The van der Waals surface area contributed by atoms with Gasteiger partial charge < -0.3 is 15.1 Å². The summed E-state index contributed by atoms with van der Waals surface area (Å²) in [5.41, 5.74) is 1.05. The summed E-state index contributed by atoms with van der Waals surface area (Å²) in [5.74, 6) is 0.785. The Labute approximate surface area is 207 Å². The molecule has 0 spiro atoms. The van der Waals surface area contributed by atoms with Gasteiger partial charge in [-0.3, -0.25) is 9.45 Å². The van der Waals surface area contributed by atoms with E-state index >= 15 is 0 Å². The topological polar surface area (TPSA) is 93.2 Å². The van der Waals surface area contributed by atoms with Crippen LogP contribution in [-0.2, 0) is 10.1 Å². The van der Waals surface area contributed by atoms with Crippen LogP contribution in [0.1, 0.15) is 32.1 Å². The number of hydrogen-bond donors (Lipinski definition) is 2. The highest BCUT2D eigenvalue weighted by molar-refractivity contribution is 7.85. The lowest BCUT2D eigenvalue weighted by Crippen LogP contribution is -2.47. The van der Waals surface area contributed by atoms with Gasteiger partial charge in [0.2, 0.25) is 0 Å². The molecule has 2 amide bonds. The number of nitrogens with one attached hydrogen (secondary N) is 1. The monoisotopic (exact) mass is 522 g/mol. The Morgan fingerprint density at radius 3 is 2.24 bits per heavy atom. The molecule has 0 bridgehead atoms. The van der Waals surface area contributed by atoms with Gasteiger partial charge in [0.15, 0.2) is 0 Å². The molecular formula is C22H36Cl2N4O4S. The number of benzene rings is 1. The second-order valence-electron chi connectivity index (χ2n) is 8.98. The van der Waals surface area contributed by atoms with Crippen LogP contribution >= 0.6 is 23.2 Å². The van der Waals surface area contributed by atoms with Gasteiger partial charge in [0.25, 0.3) is 10.1 Å². The number of carbonyl (C=O) groups excluding carboxylic acids is 1. The van der Waals surface area contributed by atoms with Crippen molar-refractivity contribution in [2.24, 2.45) is 5.92 Å². The number of piperazine rings is 1. The van der Waals surface area contributed by atoms with Gasteiger partial charge in [-0.15, -0.1) is 0 Å². The van der Waals surface area contributed by atoms with E-state index in [0.717, 1.165) is 57.2 Å². The molecule has 188 valence electrons. The molecule has 3 rings (SSSR count). The van der Waals surface area contributed by atoms with Crippen molar-refractivity contribution in [1.82, 2.24) is 15.1 Å². The van der Waals surface area contributed by atoms with Gasteiger partial charge in [-0.1, -0.05) is 29.3 Å². The van der Waals surface area contributed by atoms with E-state index in [9.17, 15) is 13.2 Å². The highest BCUT2D eigenvalue weighted by Crippen LogP contribution is 2.33. The van der Waals surface area contributed by atoms with E-state index in [1.54, 1.807) is 19.0 Å². The van der Waals surface area contributed by atoms with Crippen LogP contribution in [-0.4, -0.2) is 87.9 Å². The molecular weight excluding hydrogens is 487 g/mol. The number of halogens is 2. The Kier molecular flexibility index (Phi) is 11.0. The molecule has 0 aromatic heterocycles. The molecule has 2 N–H and O–H groups in total. The summed E-state index contributed by atoms with van der Waals surface area (Å²) in [6.45, 7) is 5.28. The normalized spacial score (nSPS) is 21.7. The molecule has 1 heterocycles. The van der Waals surface area contributed by atoms with Crippen LogP contribution in [0.5, 0.6) is 0 Å². The lowest BCUT2D eigenvalue weighted by atomic mass is 9.84. The summed E-state index contributed by atoms with van der Waals surface area (Å²) < 4.78 is 25.9. The van der Waals surface area contributed by atoms with Crippen molar-refractivity contribution < 1.29 is 17.8 Å². The summed E-state index contributed by atoms with van der Waals surface area (Å²) >= 11 is 12.5. The van der Waals surface area contributed by atoms with Crippen molar-refractivity contribution in [1.29, 1.82) is 0 Å². The minimum absolute atomic E-state index is 0.0288. The van der Waals surface area contributed by atoms with E-state index < -0.39 is 10.1 Å². The van der Waals surface area contributed by atoms with Gasteiger partial charge in [0, 0.05) is 46.3 Å². The quantitative estimate of drug-likeness (QED) is 0.570. The SMILES string of the molecule is CN(C)C(=O)NC1CCC(CCN2CCN(c3cccc(Cl)c3Cl)CC2)CC1.CS(=O)(=O)O. The summed E-state index contributed by atoms with van der Waals surface area (Å²) in [6, 6.07) is 6.23. The van der Waals surface area contributed by atoms with E-state index in [1.807, 2.05) is 12.1 Å². The predicted octanol–water partition coefficient (Wildman–Crippen LogP) is 3.84. The molecule has 0 radical (unpaired) electrons. The van der Waals surface area contributed by atoms with Crippen molar-refractivity contribution in [2.75, 3.05) is 58.0 Å². The zero-order valence-corrected chi connectivity index (χ0v) is 22.0. The molecule has 1 aromatic rings. The molecule has 11 heteroatoms. The highest BCUT2D eigenvalue weighted by atomic mass is 35.5. The van der Waals surface area contributed by atoms with E-state index in [4.69, 9.17) is 27.8 Å². The predicted molar refractivity (Wildman–Crippen MR) is 135 cm³/mol. The summed E-state index contributed by atoms with van der Waals surface area (Å²) in [4.78, 5) is 18.3. The van der Waals surface area contributed by atoms with E-state index in [0.29, 0.717) is 22.3 Å². The lowest BCUT2D eigenvalue weighted by Gasteiger charge is -2.37. The maximum absolute atomic E-state index is 11.8. The van der Waals surface area contributed by atoms with Crippen LogP contribution in [0.15, 0.2) is 18.2 Å². The molecule has 8 nitrogen and oxygen atoms in total. The Balaban J connectivity index is 0.000000696. The van der Waals surface area contributed by atoms with Crippen molar-refractivity contribution in [2.45, 2.75) is 38.1 Å². The maximum atomic E-state index is 11.8. The fourth-order valence-electron chi connectivity index (χ4n) is 4.21. The molecule has 1 aromatic carbocycles. The van der Waals surface area contributed by atoms with Crippen LogP contribution in [0, 0.1) is 5.92 Å². The zero-order valence-electron chi connectivity index (χ0n) is 19.6. The number of nitrogens with zero attached hydrogens (tertiary/aromatic N) is 3. The number of urea groups is 1. The van der Waals surface area contributed by atoms with Gasteiger partial charge in [-0.25, -0.2) is 4.79 Å². The first-order valence-electron chi connectivity index (χ1n) is 11.3. The molecule has 33 heavy (non-hydrogen) atoms. The Bertz CT molecular complexity index is 861. The van der Waals surface area contributed by atoms with Crippen molar-refractivity contribution >= 4 is 45.0 Å². The van der Waals surface area contributed by atoms with Crippen LogP contribution in [0.3, 0.4) is 0 Å². The number of anilines is 1. The molecule has 1 aliphatic carbocycles. The summed E-state index contributed by atoms with van der Waals surface area (Å²) in [7, 11) is -0.0813. The average Bonchev–Trinajstić information content (AvgIpc) is 2.74. The van der Waals surface area contributed by atoms with E-state index in [1.165, 1.54) is 19.3 Å². The second-order valence-corrected chi connectivity index (χ2v) is 11.2. The second kappa shape index (κ2) is 13.0. The Morgan fingerprint density at radius 2 is 1.70 bits per heavy atom. The van der Waals surface area contributed by atoms with Gasteiger partial charge in [0.1, 0.15) is 0 Å². The largest absolute Gasteiger partial charge is 0.368 e. The molecule has 1 saturated carbocycles. The first kappa shape index (κ1) is 28.0. The van der Waals surface area contributed by atoms with E-state index in [2.05, 4.69) is 21.2 Å². The Morgan fingerprint density at radius 1 is 1.12 bits per heavy atom. The first-order chi connectivity index (χ1) is 15.4. The third-order valence-corrected chi connectivity index (χ3v) is 6.89. The molecule has 2 fully saturated rings. The number of carbonyl (C=O) groups is 1. The van der Waals surface area contributed by atoms with Gasteiger partial charge in [0.05, 0.1) is 22.0 Å². The highest BCUT2D eigenvalue weighted by Gasteiger charge is 2.24. The Hall–Kier alpha value is -1.26. The van der Waals surface area contributed by atoms with Crippen LogP contribution < -0.4 is 10.2 Å². The van der Waals surface area contributed by atoms with Crippen molar-refractivity contribution in [3.05, 3.63) is 28.2 Å². The lowest BCUT2D eigenvalue weighted by molar-refractivity contribution is 0.194. The standard InChI is InChI=1S/C21H32Cl2N4O.CH4O3S/c1-25(2)21(28)24-17-8-6-16(7-9-17)10-11-26-12-14-27(15-13-26)19-5-3-4-18(22)20(19)23;1-5(2,3)4/h3-5,16-17H,6-15H2,1-2H3,(H,24,28);1H3,(H,2,3,4). The van der Waals surface area contributed by atoms with Gasteiger partial charge >= 0.3 is 6.03 Å². The fourth-order valence-corrected chi connectivity index (χ4v) is 4.63. The van der Waals surface area contributed by atoms with Crippen LogP contribution in [0.25, 0.3) is 0 Å². The van der Waals surface area contributed by atoms with Gasteiger partial charge in [-0.2, -0.15) is 8.42 Å². The molecule has 0 atom stereocenters. The number of amides is 2. The zero-order chi connectivity index (χ0) is 24.6. The minimum atomic E-state index is -3.67. The number of hydrogen-bond acceptors (Lipinski definition) is 5. The summed E-state index contributed by atoms with van der Waals surface area (Å²) in [5, 5.41) is 4.41. The first-order valence-corrected chi connectivity index (χ1v) is 13.9. The molecule has 1 aliphatic heterocycles. The molecule has 2 aliphatic rings. The average molecular weight is 524 g/mol. The third-order valence-electron chi connectivity index (χ3n) is 6.08. The minimum Gasteiger partial charge on any atom is -0.368 e. The van der Waals surface area contributed by atoms with Crippen molar-refractivity contribution in [3.63, 3.8) is 0 Å².